The molecule has 1 aromatic carbocycles. The van der Waals surface area contributed by atoms with Gasteiger partial charge in [-0.2, -0.15) is 0 Å². The van der Waals surface area contributed by atoms with Crippen molar-refractivity contribution in [3.63, 3.8) is 0 Å². The van der Waals surface area contributed by atoms with Crippen molar-refractivity contribution in [2.75, 3.05) is 19.0 Å². The summed E-state index contributed by atoms with van der Waals surface area (Å²) in [6.07, 6.45) is 6.56. The van der Waals surface area contributed by atoms with Crippen molar-refractivity contribution in [1.29, 1.82) is 0 Å². The Bertz CT molecular complexity index is 460. The van der Waals surface area contributed by atoms with Crippen molar-refractivity contribution in [2.45, 2.75) is 44.2 Å². The third kappa shape index (κ3) is 2.89. The quantitative estimate of drug-likeness (QED) is 0.889. The predicted octanol–water partition coefficient (Wildman–Crippen LogP) is 3.68. The summed E-state index contributed by atoms with van der Waals surface area (Å²) in [5, 5.41) is 8.01. The molecule has 20 heavy (non-hydrogen) atoms. The highest BCUT2D eigenvalue weighted by Crippen LogP contribution is 2.35. The molecule has 2 N–H and O–H groups in total. The van der Waals surface area contributed by atoms with Crippen LogP contribution >= 0.6 is 11.6 Å². The second-order valence-corrected chi connectivity index (χ2v) is 6.30. The van der Waals surface area contributed by atoms with E-state index in [0.717, 1.165) is 17.4 Å². The molecule has 110 valence electrons. The van der Waals surface area contributed by atoms with Crippen molar-refractivity contribution in [3.05, 3.63) is 23.2 Å². The average molecular weight is 295 g/mol. The van der Waals surface area contributed by atoms with Crippen LogP contribution in [0.1, 0.15) is 32.1 Å². The third-order valence-corrected chi connectivity index (χ3v) is 4.98. The van der Waals surface area contributed by atoms with Gasteiger partial charge in [0.15, 0.2) is 0 Å². The van der Waals surface area contributed by atoms with Gasteiger partial charge in [0.1, 0.15) is 5.75 Å². The van der Waals surface area contributed by atoms with Gasteiger partial charge < -0.3 is 15.4 Å². The van der Waals surface area contributed by atoms with Crippen LogP contribution in [0.5, 0.6) is 5.75 Å². The van der Waals surface area contributed by atoms with Crippen LogP contribution in [-0.4, -0.2) is 25.7 Å². The lowest BCUT2D eigenvalue weighted by Gasteiger charge is -2.27. The van der Waals surface area contributed by atoms with Gasteiger partial charge in [-0.1, -0.05) is 18.0 Å². The summed E-state index contributed by atoms with van der Waals surface area (Å²) in [7, 11) is 1.65. The SMILES string of the molecule is COc1ccc(NC2CCCC2C2CCCN2)cc1Cl. The largest absolute Gasteiger partial charge is 0.495 e. The Balaban J connectivity index is 1.68. The molecule has 0 aromatic heterocycles. The molecule has 0 amide bonds. The highest BCUT2D eigenvalue weighted by molar-refractivity contribution is 6.32. The summed E-state index contributed by atoms with van der Waals surface area (Å²) in [5.41, 5.74) is 1.10. The summed E-state index contributed by atoms with van der Waals surface area (Å²) in [6, 6.07) is 7.22. The summed E-state index contributed by atoms with van der Waals surface area (Å²) in [6.45, 7) is 1.18. The molecule has 0 bridgehead atoms. The Labute approximate surface area is 126 Å². The van der Waals surface area contributed by atoms with E-state index < -0.39 is 0 Å². The minimum absolute atomic E-state index is 0.565. The van der Waals surface area contributed by atoms with Crippen LogP contribution in [-0.2, 0) is 0 Å². The lowest BCUT2D eigenvalue weighted by Crippen LogP contribution is -2.38. The third-order valence-electron chi connectivity index (χ3n) is 4.69. The van der Waals surface area contributed by atoms with Gasteiger partial charge in [0.05, 0.1) is 12.1 Å². The molecule has 0 radical (unpaired) electrons. The number of rotatable bonds is 4. The van der Waals surface area contributed by atoms with E-state index in [9.17, 15) is 0 Å². The van der Waals surface area contributed by atoms with Gasteiger partial charge in [-0.05, 0) is 56.3 Å². The molecule has 0 spiro atoms. The number of benzene rings is 1. The molecule has 2 aliphatic rings. The lowest BCUT2D eigenvalue weighted by molar-refractivity contribution is 0.376. The minimum Gasteiger partial charge on any atom is -0.495 e. The van der Waals surface area contributed by atoms with Crippen LogP contribution in [0, 0.1) is 5.92 Å². The van der Waals surface area contributed by atoms with Crippen molar-refractivity contribution >= 4 is 17.3 Å². The molecule has 1 aliphatic carbocycles. The Hall–Kier alpha value is -0.930. The Morgan fingerprint density at radius 1 is 1.25 bits per heavy atom. The molecular weight excluding hydrogens is 272 g/mol. The molecule has 1 heterocycles. The van der Waals surface area contributed by atoms with Crippen molar-refractivity contribution in [1.82, 2.24) is 5.32 Å². The van der Waals surface area contributed by atoms with Crippen LogP contribution in [0.2, 0.25) is 5.02 Å². The first-order valence-corrected chi connectivity index (χ1v) is 7.99. The summed E-state index contributed by atoms with van der Waals surface area (Å²) in [4.78, 5) is 0. The second-order valence-electron chi connectivity index (χ2n) is 5.90. The van der Waals surface area contributed by atoms with Crippen LogP contribution in [0.15, 0.2) is 18.2 Å². The number of nitrogens with one attached hydrogen (secondary N) is 2. The van der Waals surface area contributed by atoms with E-state index in [1.54, 1.807) is 7.11 Å². The molecule has 2 fully saturated rings. The Morgan fingerprint density at radius 2 is 2.15 bits per heavy atom. The number of methoxy groups -OCH3 is 1. The number of halogens is 1. The molecule has 3 unspecified atom stereocenters. The second kappa shape index (κ2) is 6.23. The molecule has 1 saturated carbocycles. The lowest BCUT2D eigenvalue weighted by atomic mass is 9.93. The first kappa shape index (κ1) is 14.0. The normalized spacial score (nSPS) is 29.6. The summed E-state index contributed by atoms with van der Waals surface area (Å²) in [5.74, 6) is 1.48. The van der Waals surface area contributed by atoms with Crippen molar-refractivity contribution < 1.29 is 4.74 Å². The summed E-state index contributed by atoms with van der Waals surface area (Å²) >= 11 is 6.20. The Morgan fingerprint density at radius 3 is 2.85 bits per heavy atom. The number of ether oxygens (including phenoxy) is 1. The van der Waals surface area contributed by atoms with E-state index in [1.807, 2.05) is 12.1 Å². The van der Waals surface area contributed by atoms with Gasteiger partial charge in [-0.25, -0.2) is 0 Å². The highest BCUT2D eigenvalue weighted by Gasteiger charge is 2.34. The first-order valence-electron chi connectivity index (χ1n) is 7.61. The van der Waals surface area contributed by atoms with E-state index in [1.165, 1.54) is 38.6 Å². The van der Waals surface area contributed by atoms with Crippen LogP contribution in [0.4, 0.5) is 5.69 Å². The topological polar surface area (TPSA) is 33.3 Å². The smallest absolute Gasteiger partial charge is 0.137 e. The minimum atomic E-state index is 0.565. The zero-order valence-electron chi connectivity index (χ0n) is 12.0. The van der Waals surface area contributed by atoms with E-state index >= 15 is 0 Å². The van der Waals surface area contributed by atoms with Crippen LogP contribution in [0.3, 0.4) is 0 Å². The van der Waals surface area contributed by atoms with E-state index in [-0.39, 0.29) is 0 Å². The van der Waals surface area contributed by atoms with Gasteiger partial charge in [0.25, 0.3) is 0 Å². The maximum atomic E-state index is 6.20. The highest BCUT2D eigenvalue weighted by atomic mass is 35.5. The number of hydrogen-bond acceptors (Lipinski definition) is 3. The van der Waals surface area contributed by atoms with E-state index in [2.05, 4.69) is 16.7 Å². The van der Waals surface area contributed by atoms with Gasteiger partial charge in [0, 0.05) is 17.8 Å². The standard InChI is InChI=1S/C16H23ClN2O/c1-20-16-8-7-11(10-13(16)17)19-15-5-2-4-12(15)14-6-3-9-18-14/h7-8,10,12,14-15,18-19H,2-6,9H2,1H3. The van der Waals surface area contributed by atoms with Crippen LogP contribution in [0.25, 0.3) is 0 Å². The first-order chi connectivity index (χ1) is 9.78. The zero-order chi connectivity index (χ0) is 13.9. The number of hydrogen-bond donors (Lipinski definition) is 2. The monoisotopic (exact) mass is 294 g/mol. The molecule has 3 nitrogen and oxygen atoms in total. The van der Waals surface area contributed by atoms with Gasteiger partial charge in [-0.3, -0.25) is 0 Å². The zero-order valence-corrected chi connectivity index (χ0v) is 12.7. The molecule has 1 aliphatic heterocycles. The van der Waals surface area contributed by atoms with E-state index in [0.29, 0.717) is 17.1 Å². The van der Waals surface area contributed by atoms with Gasteiger partial charge in [-0.15, -0.1) is 0 Å². The fourth-order valence-electron chi connectivity index (χ4n) is 3.70. The van der Waals surface area contributed by atoms with Crippen molar-refractivity contribution in [3.8, 4) is 5.75 Å². The Kier molecular flexibility index (Phi) is 4.37. The summed E-state index contributed by atoms with van der Waals surface area (Å²) < 4.78 is 5.20. The van der Waals surface area contributed by atoms with Gasteiger partial charge in [0.2, 0.25) is 0 Å². The average Bonchev–Trinajstić information content (AvgIpc) is 3.09. The molecule has 3 atom stereocenters. The maximum absolute atomic E-state index is 6.20. The molecular formula is C16H23ClN2O. The fourth-order valence-corrected chi connectivity index (χ4v) is 3.95. The van der Waals surface area contributed by atoms with E-state index in [4.69, 9.17) is 16.3 Å². The predicted molar refractivity (Wildman–Crippen MR) is 83.8 cm³/mol. The molecule has 3 rings (SSSR count). The molecule has 4 heteroatoms. The number of anilines is 1. The fraction of sp³-hybridized carbons (Fsp3) is 0.625. The van der Waals surface area contributed by atoms with Crippen molar-refractivity contribution in [2.24, 2.45) is 5.92 Å². The molecule has 1 saturated heterocycles. The van der Waals surface area contributed by atoms with Gasteiger partial charge >= 0.3 is 0 Å². The molecule has 1 aromatic rings. The van der Waals surface area contributed by atoms with Crippen LogP contribution < -0.4 is 15.4 Å². The maximum Gasteiger partial charge on any atom is 0.137 e.